The summed E-state index contributed by atoms with van der Waals surface area (Å²) in [5, 5.41) is 12.2. The monoisotopic (exact) mass is 379 g/mol. The van der Waals surface area contributed by atoms with Gasteiger partial charge in [0.1, 0.15) is 5.82 Å². The van der Waals surface area contributed by atoms with Crippen LogP contribution in [0.15, 0.2) is 24.3 Å². The van der Waals surface area contributed by atoms with Crippen molar-refractivity contribution in [3.8, 4) is 5.69 Å². The molecule has 0 saturated heterocycles. The topological polar surface area (TPSA) is 66.8 Å². The van der Waals surface area contributed by atoms with Crippen LogP contribution in [0.5, 0.6) is 0 Å². The normalized spacial score (nSPS) is 16.3. The maximum atomic E-state index is 13.4. The van der Waals surface area contributed by atoms with Crippen LogP contribution in [0, 0.1) is 19.7 Å². The number of fused-ring (bicyclic) bond motifs is 1. The Morgan fingerprint density at radius 2 is 1.96 bits per heavy atom. The van der Waals surface area contributed by atoms with E-state index in [0.717, 1.165) is 23.5 Å². The van der Waals surface area contributed by atoms with E-state index in [9.17, 15) is 9.18 Å². The lowest BCUT2D eigenvalue weighted by molar-refractivity contribution is 0.0732. The first kappa shape index (κ1) is 17.2. The summed E-state index contributed by atoms with van der Waals surface area (Å²) in [4.78, 5) is 15.2. The van der Waals surface area contributed by atoms with E-state index in [4.69, 9.17) is 0 Å². The summed E-state index contributed by atoms with van der Waals surface area (Å²) in [5.41, 5.74) is 6.34. The molecule has 7 heteroatoms. The summed E-state index contributed by atoms with van der Waals surface area (Å²) >= 11 is 0. The van der Waals surface area contributed by atoms with Crippen molar-refractivity contribution in [3.63, 3.8) is 0 Å². The fraction of sp³-hybridized carbons (Fsp3) is 0.381. The van der Waals surface area contributed by atoms with Crippen molar-refractivity contribution in [1.29, 1.82) is 0 Å². The van der Waals surface area contributed by atoms with Gasteiger partial charge in [0, 0.05) is 36.7 Å². The van der Waals surface area contributed by atoms with E-state index in [-0.39, 0.29) is 11.7 Å². The van der Waals surface area contributed by atoms with E-state index in [1.807, 2.05) is 18.7 Å². The van der Waals surface area contributed by atoms with E-state index in [0.29, 0.717) is 30.3 Å². The quantitative estimate of drug-likeness (QED) is 0.758. The molecule has 0 bridgehead atoms. The molecule has 1 N–H and O–H groups in total. The molecule has 1 aliphatic heterocycles. The zero-order chi connectivity index (χ0) is 19.4. The summed E-state index contributed by atoms with van der Waals surface area (Å²) < 4.78 is 15.0. The molecule has 144 valence electrons. The highest BCUT2D eigenvalue weighted by Crippen LogP contribution is 2.42. The summed E-state index contributed by atoms with van der Waals surface area (Å²) in [6.45, 7) is 5.00. The number of carbonyl (C=O) groups excluding carboxylic acids is 1. The third-order valence-corrected chi connectivity index (χ3v) is 5.79. The lowest BCUT2D eigenvalue weighted by Crippen LogP contribution is -2.36. The number of aryl methyl sites for hydroxylation is 1. The SMILES string of the molecule is Cc1nn(-c2ccc(F)cc2)c(C)c1C(=O)N1CCc2[nH]nc(C3CC3)c2C1. The predicted molar refractivity (Wildman–Crippen MR) is 102 cm³/mol. The first-order valence-electron chi connectivity index (χ1n) is 9.70. The minimum atomic E-state index is -0.294. The van der Waals surface area contributed by atoms with Gasteiger partial charge in [-0.05, 0) is 51.0 Å². The van der Waals surface area contributed by atoms with Crippen LogP contribution in [-0.4, -0.2) is 37.3 Å². The first-order valence-corrected chi connectivity index (χ1v) is 9.70. The number of nitrogens with one attached hydrogen (secondary N) is 1. The van der Waals surface area contributed by atoms with Crippen molar-refractivity contribution in [2.45, 2.75) is 45.6 Å². The number of halogens is 1. The van der Waals surface area contributed by atoms with Crippen LogP contribution >= 0.6 is 0 Å². The van der Waals surface area contributed by atoms with Gasteiger partial charge in [-0.1, -0.05) is 0 Å². The van der Waals surface area contributed by atoms with Gasteiger partial charge in [-0.25, -0.2) is 9.07 Å². The van der Waals surface area contributed by atoms with Gasteiger partial charge in [0.05, 0.1) is 28.3 Å². The maximum Gasteiger partial charge on any atom is 0.257 e. The average Bonchev–Trinajstić information content (AvgIpc) is 3.38. The van der Waals surface area contributed by atoms with E-state index in [2.05, 4.69) is 15.3 Å². The third kappa shape index (κ3) is 2.73. The van der Waals surface area contributed by atoms with Gasteiger partial charge < -0.3 is 4.90 Å². The number of hydrogen-bond donors (Lipinski definition) is 1. The Balaban J connectivity index is 1.45. The van der Waals surface area contributed by atoms with Gasteiger partial charge in [-0.15, -0.1) is 0 Å². The third-order valence-electron chi connectivity index (χ3n) is 5.79. The molecule has 1 aromatic carbocycles. The minimum Gasteiger partial charge on any atom is -0.334 e. The van der Waals surface area contributed by atoms with Gasteiger partial charge in [-0.2, -0.15) is 10.2 Å². The standard InChI is InChI=1S/C21H22FN5O/c1-12-19(13(2)27(25-12)16-7-5-15(22)6-8-16)21(28)26-10-9-18-17(11-26)20(24-23-18)14-3-4-14/h5-8,14H,3-4,9-11H2,1-2H3,(H,23,24). The summed E-state index contributed by atoms with van der Waals surface area (Å²) in [7, 11) is 0. The number of benzene rings is 1. The van der Waals surface area contributed by atoms with Gasteiger partial charge in [-0.3, -0.25) is 9.89 Å². The molecule has 1 saturated carbocycles. The second kappa shape index (κ2) is 6.29. The van der Waals surface area contributed by atoms with Gasteiger partial charge in [0.15, 0.2) is 0 Å². The average molecular weight is 379 g/mol. The van der Waals surface area contributed by atoms with Crippen LogP contribution in [0.2, 0.25) is 0 Å². The summed E-state index contributed by atoms with van der Waals surface area (Å²) in [6, 6.07) is 6.14. The molecule has 1 aliphatic carbocycles. The van der Waals surface area contributed by atoms with Crippen LogP contribution in [0.3, 0.4) is 0 Å². The Morgan fingerprint density at radius 3 is 2.68 bits per heavy atom. The Morgan fingerprint density at radius 1 is 1.21 bits per heavy atom. The summed E-state index contributed by atoms with van der Waals surface area (Å²) in [6.07, 6.45) is 3.17. The van der Waals surface area contributed by atoms with Crippen LogP contribution in [-0.2, 0) is 13.0 Å². The number of hydrogen-bond acceptors (Lipinski definition) is 3. The lowest BCUT2D eigenvalue weighted by Gasteiger charge is -2.27. The van der Waals surface area contributed by atoms with Crippen molar-refractivity contribution in [2.24, 2.45) is 0 Å². The molecule has 3 aromatic rings. The van der Waals surface area contributed by atoms with Crippen molar-refractivity contribution in [1.82, 2.24) is 24.9 Å². The number of nitrogens with zero attached hydrogens (tertiary/aromatic N) is 4. The number of carbonyl (C=O) groups is 1. The highest BCUT2D eigenvalue weighted by atomic mass is 19.1. The van der Waals surface area contributed by atoms with Crippen LogP contribution in [0.4, 0.5) is 4.39 Å². The molecule has 0 spiro atoms. The number of aromatic nitrogens is 4. The van der Waals surface area contributed by atoms with E-state index < -0.39 is 0 Å². The molecule has 5 rings (SSSR count). The van der Waals surface area contributed by atoms with Gasteiger partial charge in [0.25, 0.3) is 5.91 Å². The Labute approximate surface area is 162 Å². The molecule has 0 radical (unpaired) electrons. The molecule has 2 aromatic heterocycles. The second-order valence-electron chi connectivity index (χ2n) is 7.75. The molecule has 0 unspecified atom stereocenters. The van der Waals surface area contributed by atoms with Crippen molar-refractivity contribution < 1.29 is 9.18 Å². The number of H-pyrrole nitrogens is 1. The molecule has 28 heavy (non-hydrogen) atoms. The fourth-order valence-corrected chi connectivity index (χ4v) is 4.13. The van der Waals surface area contributed by atoms with Crippen molar-refractivity contribution in [3.05, 3.63) is 64.0 Å². The second-order valence-corrected chi connectivity index (χ2v) is 7.75. The predicted octanol–water partition coefficient (Wildman–Crippen LogP) is 3.43. The van der Waals surface area contributed by atoms with Gasteiger partial charge in [0.2, 0.25) is 0 Å². The lowest BCUT2D eigenvalue weighted by atomic mass is 10.0. The maximum absolute atomic E-state index is 13.4. The Hall–Kier alpha value is -2.96. The number of amides is 1. The zero-order valence-corrected chi connectivity index (χ0v) is 16.0. The molecule has 2 aliphatic rings. The van der Waals surface area contributed by atoms with Crippen molar-refractivity contribution in [2.75, 3.05) is 6.54 Å². The number of rotatable bonds is 3. The van der Waals surface area contributed by atoms with Crippen LogP contribution < -0.4 is 0 Å². The smallest absolute Gasteiger partial charge is 0.257 e. The van der Waals surface area contributed by atoms with E-state index in [1.165, 1.54) is 36.2 Å². The Bertz CT molecular complexity index is 1060. The molecule has 1 amide bonds. The molecular formula is C21H22FN5O. The van der Waals surface area contributed by atoms with Gasteiger partial charge >= 0.3 is 0 Å². The van der Waals surface area contributed by atoms with Crippen LogP contribution in [0.25, 0.3) is 5.69 Å². The highest BCUT2D eigenvalue weighted by molar-refractivity contribution is 5.96. The Kier molecular flexibility index (Phi) is 3.86. The van der Waals surface area contributed by atoms with E-state index in [1.54, 1.807) is 16.8 Å². The molecular weight excluding hydrogens is 357 g/mol. The van der Waals surface area contributed by atoms with E-state index >= 15 is 0 Å². The molecule has 1 fully saturated rings. The minimum absolute atomic E-state index is 0.00282. The van der Waals surface area contributed by atoms with Crippen molar-refractivity contribution >= 4 is 5.91 Å². The molecule has 3 heterocycles. The van der Waals surface area contributed by atoms with Crippen LogP contribution in [0.1, 0.15) is 57.5 Å². The molecule has 6 nitrogen and oxygen atoms in total. The summed E-state index contributed by atoms with van der Waals surface area (Å²) in [5.74, 6) is 0.258. The number of aromatic amines is 1. The molecule has 0 atom stereocenters. The largest absolute Gasteiger partial charge is 0.334 e. The first-order chi connectivity index (χ1) is 13.5. The highest BCUT2D eigenvalue weighted by Gasteiger charge is 2.34. The fourth-order valence-electron chi connectivity index (χ4n) is 4.13. The zero-order valence-electron chi connectivity index (χ0n) is 16.0.